The van der Waals surface area contributed by atoms with Gasteiger partial charge in [-0.1, -0.05) is 0 Å². The normalized spacial score (nSPS) is 15.7. The Kier molecular flexibility index (Phi) is 7.08. The van der Waals surface area contributed by atoms with Gasteiger partial charge in [-0.3, -0.25) is 4.79 Å². The van der Waals surface area contributed by atoms with Crippen LogP contribution in [0.25, 0.3) is 0 Å². The van der Waals surface area contributed by atoms with Gasteiger partial charge in [0.15, 0.2) is 6.61 Å². The summed E-state index contributed by atoms with van der Waals surface area (Å²) in [7, 11) is 1.73. The van der Waals surface area contributed by atoms with Gasteiger partial charge in [0.25, 0.3) is 5.91 Å². The molecule has 2 heterocycles. The van der Waals surface area contributed by atoms with Crippen LogP contribution in [0.4, 0.5) is 13.2 Å². The summed E-state index contributed by atoms with van der Waals surface area (Å²) in [6, 6.07) is 2.86. The Hall–Kier alpha value is -1.54. The van der Waals surface area contributed by atoms with Crippen LogP contribution in [-0.2, 0) is 0 Å². The first-order valence-corrected chi connectivity index (χ1v) is 7.00. The molecule has 1 saturated heterocycles. The molecule has 0 atom stereocenters. The Morgan fingerprint density at radius 3 is 2.57 bits per heavy atom. The maximum absolute atomic E-state index is 12.3. The van der Waals surface area contributed by atoms with Crippen molar-refractivity contribution in [3.8, 4) is 5.88 Å². The Morgan fingerprint density at radius 1 is 1.39 bits per heavy atom. The number of amides is 1. The molecular weight excluding hydrogens is 335 g/mol. The standard InChI is InChI=1S/C14H18F3N3O2.ClH/c1-20(11-4-6-18-7-5-11)13(21)10-2-3-12(19-8-10)22-9-14(15,16)17;/h2-3,8,11,18H,4-7,9H2,1H3;1H. The van der Waals surface area contributed by atoms with Gasteiger partial charge >= 0.3 is 6.18 Å². The number of hydrogen-bond donors (Lipinski definition) is 1. The van der Waals surface area contributed by atoms with Crippen LogP contribution in [-0.4, -0.2) is 54.8 Å². The van der Waals surface area contributed by atoms with Gasteiger partial charge in [0.2, 0.25) is 5.88 Å². The lowest BCUT2D eigenvalue weighted by Gasteiger charge is -2.31. The Labute approximate surface area is 138 Å². The zero-order valence-electron chi connectivity index (χ0n) is 12.6. The van der Waals surface area contributed by atoms with Crippen molar-refractivity contribution in [3.05, 3.63) is 23.9 Å². The first-order chi connectivity index (χ1) is 10.4. The largest absolute Gasteiger partial charge is 0.468 e. The van der Waals surface area contributed by atoms with E-state index < -0.39 is 12.8 Å². The van der Waals surface area contributed by atoms with Crippen LogP contribution < -0.4 is 10.1 Å². The van der Waals surface area contributed by atoms with Gasteiger partial charge in [-0.2, -0.15) is 13.2 Å². The Bertz CT molecular complexity index is 505. The second-order valence-electron chi connectivity index (χ2n) is 5.19. The van der Waals surface area contributed by atoms with Crippen molar-refractivity contribution < 1.29 is 22.7 Å². The van der Waals surface area contributed by atoms with Crippen LogP contribution in [0.1, 0.15) is 23.2 Å². The van der Waals surface area contributed by atoms with E-state index in [4.69, 9.17) is 0 Å². The minimum Gasteiger partial charge on any atom is -0.468 e. The number of nitrogens with zero attached hydrogens (tertiary/aromatic N) is 2. The minimum absolute atomic E-state index is 0. The molecule has 1 N–H and O–H groups in total. The highest BCUT2D eigenvalue weighted by atomic mass is 35.5. The third-order valence-corrected chi connectivity index (χ3v) is 3.54. The van der Waals surface area contributed by atoms with Crippen LogP contribution in [0.5, 0.6) is 5.88 Å². The lowest BCUT2D eigenvalue weighted by Crippen LogP contribution is -2.43. The van der Waals surface area contributed by atoms with E-state index in [9.17, 15) is 18.0 Å². The molecule has 0 radical (unpaired) electrons. The molecule has 0 bridgehead atoms. The van der Waals surface area contributed by atoms with Crippen LogP contribution in [0, 0.1) is 0 Å². The summed E-state index contributed by atoms with van der Waals surface area (Å²) in [4.78, 5) is 17.7. The second kappa shape index (κ2) is 8.35. The van der Waals surface area contributed by atoms with E-state index in [0.717, 1.165) is 25.9 Å². The molecule has 9 heteroatoms. The molecule has 1 aliphatic rings. The van der Waals surface area contributed by atoms with Gasteiger partial charge in [0.05, 0.1) is 5.56 Å². The molecule has 23 heavy (non-hydrogen) atoms. The number of aromatic nitrogens is 1. The quantitative estimate of drug-likeness (QED) is 0.902. The van der Waals surface area contributed by atoms with E-state index in [0.29, 0.717) is 5.56 Å². The van der Waals surface area contributed by atoms with Gasteiger partial charge in [-0.05, 0) is 32.0 Å². The zero-order chi connectivity index (χ0) is 16.2. The smallest absolute Gasteiger partial charge is 0.422 e. The average Bonchev–Trinajstić information content (AvgIpc) is 2.52. The first-order valence-electron chi connectivity index (χ1n) is 7.00. The third kappa shape index (κ3) is 5.87. The molecule has 0 saturated carbocycles. The molecule has 0 aliphatic carbocycles. The van der Waals surface area contributed by atoms with Crippen LogP contribution in [0.15, 0.2) is 18.3 Å². The fraction of sp³-hybridized carbons (Fsp3) is 0.571. The number of halogens is 4. The van der Waals surface area contributed by atoms with Crippen molar-refractivity contribution in [2.45, 2.75) is 25.1 Å². The molecular formula is C14H19ClF3N3O2. The van der Waals surface area contributed by atoms with Crippen molar-refractivity contribution >= 4 is 18.3 Å². The van der Waals surface area contributed by atoms with Crippen LogP contribution >= 0.6 is 12.4 Å². The topological polar surface area (TPSA) is 54.5 Å². The molecule has 130 valence electrons. The van der Waals surface area contributed by atoms with E-state index >= 15 is 0 Å². The molecule has 1 aromatic heterocycles. The SMILES string of the molecule is CN(C(=O)c1ccc(OCC(F)(F)F)nc1)C1CCNCC1.Cl. The highest BCUT2D eigenvalue weighted by molar-refractivity contribution is 5.94. The number of ether oxygens (including phenoxy) is 1. The molecule has 0 unspecified atom stereocenters. The zero-order valence-corrected chi connectivity index (χ0v) is 13.4. The summed E-state index contributed by atoms with van der Waals surface area (Å²) in [5.41, 5.74) is 0.334. The molecule has 0 spiro atoms. The second-order valence-corrected chi connectivity index (χ2v) is 5.19. The molecule has 1 amide bonds. The van der Waals surface area contributed by atoms with Gasteiger partial charge in [0, 0.05) is 25.4 Å². The number of piperidine rings is 1. The summed E-state index contributed by atoms with van der Waals surface area (Å²) in [5.74, 6) is -0.347. The van der Waals surface area contributed by atoms with Crippen molar-refractivity contribution in [2.75, 3.05) is 26.7 Å². The third-order valence-electron chi connectivity index (χ3n) is 3.54. The number of nitrogens with one attached hydrogen (secondary N) is 1. The number of hydrogen-bond acceptors (Lipinski definition) is 4. The minimum atomic E-state index is -4.41. The number of rotatable bonds is 4. The van der Waals surface area contributed by atoms with Crippen molar-refractivity contribution in [1.82, 2.24) is 15.2 Å². The summed E-state index contributed by atoms with van der Waals surface area (Å²) >= 11 is 0. The predicted octanol–water partition coefficient (Wildman–Crippen LogP) is 2.27. The van der Waals surface area contributed by atoms with E-state index in [-0.39, 0.29) is 30.2 Å². The Morgan fingerprint density at radius 2 is 2.04 bits per heavy atom. The summed E-state index contributed by atoms with van der Waals surface area (Å²) in [6.45, 7) is 0.331. The van der Waals surface area contributed by atoms with Crippen molar-refractivity contribution in [3.63, 3.8) is 0 Å². The molecule has 1 aliphatic heterocycles. The monoisotopic (exact) mass is 353 g/mol. The highest BCUT2D eigenvalue weighted by Crippen LogP contribution is 2.18. The van der Waals surface area contributed by atoms with E-state index in [1.807, 2.05) is 0 Å². The number of carbonyl (C=O) groups excluding carboxylic acids is 1. The van der Waals surface area contributed by atoms with E-state index in [1.165, 1.54) is 18.3 Å². The lowest BCUT2D eigenvalue weighted by molar-refractivity contribution is -0.154. The molecule has 2 rings (SSSR count). The van der Waals surface area contributed by atoms with Gasteiger partial charge in [0.1, 0.15) is 0 Å². The van der Waals surface area contributed by atoms with Crippen LogP contribution in [0.3, 0.4) is 0 Å². The van der Waals surface area contributed by atoms with Crippen molar-refractivity contribution in [1.29, 1.82) is 0 Å². The highest BCUT2D eigenvalue weighted by Gasteiger charge is 2.28. The fourth-order valence-electron chi connectivity index (χ4n) is 2.31. The lowest BCUT2D eigenvalue weighted by atomic mass is 10.0. The number of pyridine rings is 1. The van der Waals surface area contributed by atoms with Gasteiger partial charge in [-0.25, -0.2) is 4.98 Å². The summed E-state index contributed by atoms with van der Waals surface area (Å²) in [6.07, 6.45) is -1.41. The maximum Gasteiger partial charge on any atom is 0.422 e. The Balaban J connectivity index is 0.00000264. The van der Waals surface area contributed by atoms with E-state index in [2.05, 4.69) is 15.0 Å². The molecule has 1 aromatic rings. The van der Waals surface area contributed by atoms with E-state index in [1.54, 1.807) is 11.9 Å². The molecule has 5 nitrogen and oxygen atoms in total. The summed E-state index contributed by atoms with van der Waals surface area (Å²) < 4.78 is 40.6. The predicted molar refractivity (Wildman–Crippen MR) is 81.0 cm³/mol. The van der Waals surface area contributed by atoms with Gasteiger partial charge in [-0.15, -0.1) is 12.4 Å². The molecule has 1 fully saturated rings. The van der Waals surface area contributed by atoms with Crippen molar-refractivity contribution in [2.24, 2.45) is 0 Å². The van der Waals surface area contributed by atoms with Crippen LogP contribution in [0.2, 0.25) is 0 Å². The first kappa shape index (κ1) is 19.5. The molecule has 0 aromatic carbocycles. The number of alkyl halides is 3. The fourth-order valence-corrected chi connectivity index (χ4v) is 2.31. The maximum atomic E-state index is 12.3. The number of carbonyl (C=O) groups is 1. The summed E-state index contributed by atoms with van der Waals surface area (Å²) in [5, 5.41) is 3.22. The van der Waals surface area contributed by atoms with Gasteiger partial charge < -0.3 is 15.0 Å². The average molecular weight is 354 g/mol.